The Kier molecular flexibility index (Phi) is 7.05. The van der Waals surface area contributed by atoms with Crippen LogP contribution in [0.5, 0.6) is 5.75 Å². The van der Waals surface area contributed by atoms with Gasteiger partial charge in [-0.25, -0.2) is 0 Å². The van der Waals surface area contributed by atoms with Crippen LogP contribution in [0, 0.1) is 25.2 Å². The van der Waals surface area contributed by atoms with Crippen molar-refractivity contribution in [3.05, 3.63) is 51.2 Å². The first-order chi connectivity index (χ1) is 15.9. The van der Waals surface area contributed by atoms with Gasteiger partial charge in [0.1, 0.15) is 16.8 Å². The van der Waals surface area contributed by atoms with Crippen LogP contribution in [-0.4, -0.2) is 26.4 Å². The van der Waals surface area contributed by atoms with Gasteiger partial charge in [0.05, 0.1) is 11.3 Å². The third kappa shape index (κ3) is 4.92. The van der Waals surface area contributed by atoms with Crippen LogP contribution >= 0.6 is 23.1 Å². The lowest BCUT2D eigenvalue weighted by Gasteiger charge is -2.16. The van der Waals surface area contributed by atoms with Crippen molar-refractivity contribution >= 4 is 34.0 Å². The van der Waals surface area contributed by atoms with Crippen molar-refractivity contribution in [1.82, 2.24) is 14.8 Å². The minimum atomic E-state index is -0.290. The van der Waals surface area contributed by atoms with Crippen molar-refractivity contribution in [2.24, 2.45) is 7.05 Å². The number of ether oxygens (including phenoxy) is 1. The number of fused-ring (bicyclic) bond motifs is 1. The molecule has 0 bridgehead atoms. The van der Waals surface area contributed by atoms with E-state index in [1.54, 1.807) is 0 Å². The van der Waals surface area contributed by atoms with Gasteiger partial charge in [-0.1, -0.05) is 23.9 Å². The lowest BCUT2D eigenvalue weighted by atomic mass is 9.96. The number of nitrogens with zero attached hydrogens (tertiary/aromatic N) is 4. The molecule has 1 amide bonds. The summed E-state index contributed by atoms with van der Waals surface area (Å²) in [6, 6.07) is 8.27. The van der Waals surface area contributed by atoms with Crippen molar-refractivity contribution in [3.63, 3.8) is 0 Å². The van der Waals surface area contributed by atoms with Crippen LogP contribution < -0.4 is 10.1 Å². The third-order valence-electron chi connectivity index (χ3n) is 5.96. The summed E-state index contributed by atoms with van der Waals surface area (Å²) < 4.78 is 7.99. The maximum atomic E-state index is 12.6. The number of thiophene rings is 1. The molecule has 0 fully saturated rings. The number of amides is 1. The molecule has 2 aromatic heterocycles. The standard InChI is InChI=1S/C24H27N5O2S2/c1-14-8-7-10-19(15(14)2)31-16(3)22-27-28-24(29(22)4)32-13-21(30)26-23-18(12-25)17-9-5-6-11-20(17)33-23/h7-8,10,16H,5-6,9,11,13H2,1-4H3,(H,26,30). The number of carbonyl (C=O) groups excluding carboxylic acids is 1. The molecule has 33 heavy (non-hydrogen) atoms. The Morgan fingerprint density at radius 2 is 2.12 bits per heavy atom. The van der Waals surface area contributed by atoms with Crippen LogP contribution in [0.3, 0.4) is 0 Å². The molecule has 0 saturated heterocycles. The average Bonchev–Trinajstić information content (AvgIpc) is 3.34. The number of benzene rings is 1. The van der Waals surface area contributed by atoms with Crippen molar-refractivity contribution in [1.29, 1.82) is 5.26 Å². The Bertz CT molecular complexity index is 1220. The summed E-state index contributed by atoms with van der Waals surface area (Å²) in [7, 11) is 1.87. The van der Waals surface area contributed by atoms with Gasteiger partial charge in [-0.05, 0) is 69.2 Å². The van der Waals surface area contributed by atoms with E-state index < -0.39 is 0 Å². The number of hydrogen-bond donors (Lipinski definition) is 1. The van der Waals surface area contributed by atoms with Gasteiger partial charge in [-0.2, -0.15) is 5.26 Å². The SMILES string of the molecule is Cc1cccc(OC(C)c2nnc(SCC(=O)Nc3sc4c(c3C#N)CCCC4)n2C)c1C. The van der Waals surface area contributed by atoms with Crippen molar-refractivity contribution < 1.29 is 9.53 Å². The second-order valence-electron chi connectivity index (χ2n) is 8.22. The van der Waals surface area contributed by atoms with E-state index in [9.17, 15) is 10.1 Å². The number of aromatic nitrogens is 3. The maximum Gasteiger partial charge on any atom is 0.235 e. The first kappa shape index (κ1) is 23.3. The normalized spacial score (nSPS) is 13.8. The fraction of sp³-hybridized carbons (Fsp3) is 0.417. The molecule has 0 saturated carbocycles. The molecule has 4 rings (SSSR count). The molecule has 7 nitrogen and oxygen atoms in total. The molecule has 1 unspecified atom stereocenters. The predicted octanol–water partition coefficient (Wildman–Crippen LogP) is 5.11. The highest BCUT2D eigenvalue weighted by Gasteiger charge is 2.23. The van der Waals surface area contributed by atoms with Gasteiger partial charge in [-0.3, -0.25) is 4.79 Å². The largest absolute Gasteiger partial charge is 0.482 e. The summed E-state index contributed by atoms with van der Waals surface area (Å²) >= 11 is 2.85. The van der Waals surface area contributed by atoms with Crippen LogP contribution in [0.4, 0.5) is 5.00 Å². The van der Waals surface area contributed by atoms with Crippen molar-refractivity contribution in [2.45, 2.75) is 57.7 Å². The molecule has 2 heterocycles. The van der Waals surface area contributed by atoms with Crippen LogP contribution in [0.15, 0.2) is 23.4 Å². The quantitative estimate of drug-likeness (QED) is 0.471. The zero-order valence-electron chi connectivity index (χ0n) is 19.3. The minimum absolute atomic E-state index is 0.153. The van der Waals surface area contributed by atoms with E-state index in [0.717, 1.165) is 42.6 Å². The van der Waals surface area contributed by atoms with E-state index in [0.29, 0.717) is 21.5 Å². The van der Waals surface area contributed by atoms with Gasteiger partial charge in [0.25, 0.3) is 0 Å². The highest BCUT2D eigenvalue weighted by molar-refractivity contribution is 7.99. The second kappa shape index (κ2) is 9.98. The van der Waals surface area contributed by atoms with E-state index in [2.05, 4.69) is 34.6 Å². The lowest BCUT2D eigenvalue weighted by Crippen LogP contribution is -2.15. The Morgan fingerprint density at radius 1 is 1.33 bits per heavy atom. The number of nitrogens with one attached hydrogen (secondary N) is 1. The number of hydrogen-bond acceptors (Lipinski definition) is 7. The molecule has 0 spiro atoms. The smallest absolute Gasteiger partial charge is 0.235 e. The average molecular weight is 482 g/mol. The minimum Gasteiger partial charge on any atom is -0.482 e. The number of thioether (sulfide) groups is 1. The highest BCUT2D eigenvalue weighted by atomic mass is 32.2. The van der Waals surface area contributed by atoms with Crippen LogP contribution in [0.1, 0.15) is 58.8 Å². The molecular weight excluding hydrogens is 454 g/mol. The zero-order chi connectivity index (χ0) is 23.5. The Balaban J connectivity index is 1.39. The van der Waals surface area contributed by atoms with E-state index in [1.807, 2.05) is 37.6 Å². The van der Waals surface area contributed by atoms with Gasteiger partial charge in [0.2, 0.25) is 5.91 Å². The number of carbonyl (C=O) groups is 1. The fourth-order valence-electron chi connectivity index (χ4n) is 3.97. The Labute approximate surface area is 202 Å². The van der Waals surface area contributed by atoms with Crippen molar-refractivity contribution in [3.8, 4) is 11.8 Å². The molecule has 1 atom stereocenters. The first-order valence-corrected chi connectivity index (χ1v) is 12.8. The topological polar surface area (TPSA) is 92.8 Å². The Morgan fingerprint density at radius 3 is 2.91 bits per heavy atom. The molecule has 1 N–H and O–H groups in total. The van der Waals surface area contributed by atoms with Gasteiger partial charge < -0.3 is 14.6 Å². The van der Waals surface area contributed by atoms with E-state index in [4.69, 9.17) is 4.74 Å². The first-order valence-electron chi connectivity index (χ1n) is 11.0. The summed E-state index contributed by atoms with van der Waals surface area (Å²) in [4.78, 5) is 13.8. The van der Waals surface area contributed by atoms with Gasteiger partial charge in [-0.15, -0.1) is 21.5 Å². The van der Waals surface area contributed by atoms with Crippen LogP contribution in [-0.2, 0) is 24.7 Å². The molecule has 1 aliphatic carbocycles. The number of nitriles is 1. The lowest BCUT2D eigenvalue weighted by molar-refractivity contribution is -0.113. The van der Waals surface area contributed by atoms with Gasteiger partial charge >= 0.3 is 0 Å². The Hall–Kier alpha value is -2.83. The molecule has 9 heteroatoms. The zero-order valence-corrected chi connectivity index (χ0v) is 20.9. The van der Waals surface area contributed by atoms with E-state index in [-0.39, 0.29) is 17.8 Å². The number of rotatable bonds is 7. The third-order valence-corrected chi connectivity index (χ3v) is 8.19. The summed E-state index contributed by atoms with van der Waals surface area (Å²) in [5.74, 6) is 1.55. The number of anilines is 1. The summed E-state index contributed by atoms with van der Waals surface area (Å²) in [6.45, 7) is 6.03. The fourth-order valence-corrected chi connectivity index (χ4v) is 5.94. The van der Waals surface area contributed by atoms with Crippen LogP contribution in [0.25, 0.3) is 0 Å². The van der Waals surface area contributed by atoms with Crippen LogP contribution in [0.2, 0.25) is 0 Å². The summed E-state index contributed by atoms with van der Waals surface area (Å²) in [6.07, 6.45) is 3.86. The van der Waals surface area contributed by atoms with Gasteiger partial charge in [0.15, 0.2) is 17.1 Å². The molecular formula is C24H27N5O2S2. The maximum absolute atomic E-state index is 12.6. The van der Waals surface area contributed by atoms with Crippen molar-refractivity contribution in [2.75, 3.05) is 11.1 Å². The predicted molar refractivity (Wildman–Crippen MR) is 131 cm³/mol. The van der Waals surface area contributed by atoms with Gasteiger partial charge in [0, 0.05) is 11.9 Å². The summed E-state index contributed by atoms with van der Waals surface area (Å²) in [5, 5.41) is 22.4. The molecule has 1 aromatic carbocycles. The van der Waals surface area contributed by atoms with E-state index in [1.165, 1.54) is 33.5 Å². The molecule has 172 valence electrons. The molecule has 3 aromatic rings. The molecule has 0 aliphatic heterocycles. The molecule has 1 aliphatic rings. The summed E-state index contributed by atoms with van der Waals surface area (Å²) in [5.41, 5.74) is 4.02. The molecule has 0 radical (unpaired) electrons. The second-order valence-corrected chi connectivity index (χ2v) is 10.3. The monoisotopic (exact) mass is 481 g/mol. The number of aryl methyl sites for hydroxylation is 2. The highest BCUT2D eigenvalue weighted by Crippen LogP contribution is 2.37. The van der Waals surface area contributed by atoms with E-state index >= 15 is 0 Å².